The highest BCUT2D eigenvalue weighted by molar-refractivity contribution is 9.09. The molecule has 1 N–H and O–H groups in total. The van der Waals surface area contributed by atoms with Crippen LogP contribution in [0.4, 0.5) is 0 Å². The lowest BCUT2D eigenvalue weighted by molar-refractivity contribution is -0.129. The van der Waals surface area contributed by atoms with Crippen molar-refractivity contribution in [2.75, 3.05) is 18.5 Å². The lowest BCUT2D eigenvalue weighted by Crippen LogP contribution is -2.31. The number of rotatable bonds is 13. The molecule has 0 aliphatic rings. The largest absolute Gasteiger partial charge is 0.493 e. The molecule has 0 unspecified atom stereocenters. The van der Waals surface area contributed by atoms with Gasteiger partial charge < -0.3 is 9.64 Å². The van der Waals surface area contributed by atoms with Gasteiger partial charge in [-0.05, 0) is 59.9 Å². The van der Waals surface area contributed by atoms with Gasteiger partial charge in [-0.2, -0.15) is 0 Å². The molecule has 0 aliphatic carbocycles. The van der Waals surface area contributed by atoms with Gasteiger partial charge in [0.2, 0.25) is 15.9 Å². The van der Waals surface area contributed by atoms with E-state index in [1.54, 1.807) is 35.2 Å². The van der Waals surface area contributed by atoms with Crippen molar-refractivity contribution in [1.29, 1.82) is 0 Å². The Balaban J connectivity index is 1.75. The third-order valence-corrected chi connectivity index (χ3v) is 7.87. The highest BCUT2D eigenvalue weighted by Crippen LogP contribution is 2.27. The normalized spacial score (nSPS) is 11.4. The zero-order valence-corrected chi connectivity index (χ0v) is 24.2. The number of benzene rings is 3. The molecule has 3 aromatic carbocycles. The summed E-state index contributed by atoms with van der Waals surface area (Å²) in [5.74, 6) is 0.684. The van der Waals surface area contributed by atoms with Gasteiger partial charge in [0.05, 0.1) is 16.8 Å². The number of sulfonamides is 1. The molecule has 0 saturated heterocycles. The van der Waals surface area contributed by atoms with Crippen LogP contribution < -0.4 is 9.46 Å². The maximum atomic E-state index is 12.7. The molecule has 3 aromatic rings. The molecule has 6 nitrogen and oxygen atoms in total. The number of hydrogen-bond acceptors (Lipinski definition) is 4. The van der Waals surface area contributed by atoms with E-state index < -0.39 is 10.0 Å². The molecule has 1 amide bonds. The maximum Gasteiger partial charge on any atom is 0.240 e. The molecule has 0 saturated carbocycles. The third kappa shape index (κ3) is 8.30. The number of hydrogen-bond donors (Lipinski definition) is 1. The first-order chi connectivity index (χ1) is 17.8. The van der Waals surface area contributed by atoms with Crippen LogP contribution >= 0.6 is 27.5 Å². The Labute approximate surface area is 233 Å². The predicted octanol–water partition coefficient (Wildman–Crippen LogP) is 6.41. The van der Waals surface area contributed by atoms with Crippen LogP contribution in [0.25, 0.3) is 11.1 Å². The van der Waals surface area contributed by atoms with E-state index in [2.05, 4.69) is 20.7 Å². The van der Waals surface area contributed by atoms with E-state index in [-0.39, 0.29) is 16.1 Å². The highest BCUT2D eigenvalue weighted by Gasteiger charge is 2.17. The lowest BCUT2D eigenvalue weighted by Gasteiger charge is -2.24. The Morgan fingerprint density at radius 1 is 0.946 bits per heavy atom. The van der Waals surface area contributed by atoms with Crippen LogP contribution in [-0.4, -0.2) is 37.7 Å². The molecule has 0 atom stereocenters. The van der Waals surface area contributed by atoms with Gasteiger partial charge in [-0.3, -0.25) is 4.79 Å². The van der Waals surface area contributed by atoms with Gasteiger partial charge in [-0.1, -0.05) is 77.8 Å². The monoisotopic (exact) mass is 606 g/mol. The Morgan fingerprint density at radius 3 is 2.19 bits per heavy atom. The van der Waals surface area contributed by atoms with Gasteiger partial charge in [0, 0.05) is 30.2 Å². The lowest BCUT2D eigenvalue weighted by atomic mass is 10.0. The number of carbonyl (C=O) groups excluding carboxylic acids is 1. The minimum Gasteiger partial charge on any atom is -0.493 e. The van der Waals surface area contributed by atoms with Gasteiger partial charge in [0.1, 0.15) is 5.75 Å². The molecular weight excluding hydrogens is 576 g/mol. The van der Waals surface area contributed by atoms with E-state index in [9.17, 15) is 13.2 Å². The van der Waals surface area contributed by atoms with E-state index in [1.165, 1.54) is 0 Å². The third-order valence-electron chi connectivity index (χ3n) is 5.68. The van der Waals surface area contributed by atoms with E-state index in [0.29, 0.717) is 31.3 Å². The first-order valence-electron chi connectivity index (χ1n) is 12.2. The molecule has 0 heterocycles. The van der Waals surface area contributed by atoms with Crippen LogP contribution in [0.5, 0.6) is 5.75 Å². The Bertz CT molecular complexity index is 1280. The van der Waals surface area contributed by atoms with E-state index >= 15 is 0 Å². The van der Waals surface area contributed by atoms with E-state index in [0.717, 1.165) is 40.8 Å². The summed E-state index contributed by atoms with van der Waals surface area (Å²) in [6.07, 6.45) is 1.61. The number of ether oxygens (including phenoxy) is 1. The summed E-state index contributed by atoms with van der Waals surface area (Å²) in [4.78, 5) is 14.8. The van der Waals surface area contributed by atoms with Gasteiger partial charge in [-0.15, -0.1) is 0 Å². The van der Waals surface area contributed by atoms with Crippen molar-refractivity contribution in [3.8, 4) is 16.9 Å². The molecule has 0 spiro atoms. The van der Waals surface area contributed by atoms with Crippen molar-refractivity contribution in [3.05, 3.63) is 82.9 Å². The number of nitrogens with zero attached hydrogens (tertiary/aromatic N) is 1. The Morgan fingerprint density at radius 2 is 1.59 bits per heavy atom. The SMILES string of the molecule is CCCNS(=O)(=O)c1ccc(-c2ccc(CN(Cc3cc(Cl)ccc3OCCC)C(=O)CBr)cc2)cc1. The molecule has 0 radical (unpaired) electrons. The van der Waals surface area contributed by atoms with E-state index in [4.69, 9.17) is 16.3 Å². The first kappa shape index (κ1) is 29.2. The predicted molar refractivity (Wildman–Crippen MR) is 153 cm³/mol. The molecule has 198 valence electrons. The van der Waals surface area contributed by atoms with Crippen LogP contribution in [0.2, 0.25) is 5.02 Å². The van der Waals surface area contributed by atoms with Gasteiger partial charge in [0.25, 0.3) is 0 Å². The summed E-state index contributed by atoms with van der Waals surface area (Å²) in [5, 5.41) is 0.800. The molecule has 0 bridgehead atoms. The van der Waals surface area contributed by atoms with Crippen molar-refractivity contribution in [3.63, 3.8) is 0 Å². The van der Waals surface area contributed by atoms with Crippen molar-refractivity contribution in [1.82, 2.24) is 9.62 Å². The van der Waals surface area contributed by atoms with Crippen molar-refractivity contribution >= 4 is 43.5 Å². The molecule has 0 aromatic heterocycles. The summed E-state index contributed by atoms with van der Waals surface area (Å²) in [6, 6.07) is 20.2. The van der Waals surface area contributed by atoms with Gasteiger partial charge in [0.15, 0.2) is 0 Å². The number of amides is 1. The topological polar surface area (TPSA) is 75.7 Å². The minimum absolute atomic E-state index is 0.0426. The number of nitrogens with one attached hydrogen (secondary N) is 1. The molecular formula is C28H32BrClN2O4S. The van der Waals surface area contributed by atoms with Crippen LogP contribution in [0.3, 0.4) is 0 Å². The van der Waals surface area contributed by atoms with Crippen LogP contribution in [0, 0.1) is 0 Å². The smallest absolute Gasteiger partial charge is 0.240 e. The number of halogens is 2. The van der Waals surface area contributed by atoms with Crippen molar-refractivity contribution in [2.24, 2.45) is 0 Å². The zero-order chi connectivity index (χ0) is 26.8. The summed E-state index contributed by atoms with van der Waals surface area (Å²) in [5.41, 5.74) is 3.69. The molecule has 37 heavy (non-hydrogen) atoms. The summed E-state index contributed by atoms with van der Waals surface area (Å²) < 4.78 is 33.1. The van der Waals surface area contributed by atoms with Crippen LogP contribution in [0.15, 0.2) is 71.6 Å². The maximum absolute atomic E-state index is 12.7. The average Bonchev–Trinajstić information content (AvgIpc) is 2.91. The second-order valence-electron chi connectivity index (χ2n) is 8.60. The van der Waals surface area contributed by atoms with Crippen molar-refractivity contribution < 1.29 is 17.9 Å². The molecule has 3 rings (SSSR count). The first-order valence-corrected chi connectivity index (χ1v) is 15.2. The number of alkyl halides is 1. The zero-order valence-electron chi connectivity index (χ0n) is 21.0. The standard InChI is InChI=1S/C28H32BrClN2O4S/c1-3-15-31-37(34,35)26-12-9-23(10-13-26)22-7-5-21(6-8-22)19-32(28(33)18-29)20-24-17-25(30)11-14-27(24)36-16-4-2/h5-14,17,31H,3-4,15-16,18-20H2,1-2H3. The Hall–Kier alpha value is -2.39. The fourth-order valence-electron chi connectivity index (χ4n) is 3.72. The average molecular weight is 608 g/mol. The minimum atomic E-state index is -3.50. The summed E-state index contributed by atoms with van der Waals surface area (Å²) in [7, 11) is -3.50. The van der Waals surface area contributed by atoms with Crippen LogP contribution in [-0.2, 0) is 27.9 Å². The van der Waals surface area contributed by atoms with Gasteiger partial charge in [-0.25, -0.2) is 13.1 Å². The summed E-state index contributed by atoms with van der Waals surface area (Å²) in [6.45, 7) is 5.75. The fourth-order valence-corrected chi connectivity index (χ4v) is 5.40. The van der Waals surface area contributed by atoms with Crippen LogP contribution in [0.1, 0.15) is 37.8 Å². The fraction of sp³-hybridized carbons (Fsp3) is 0.321. The van der Waals surface area contributed by atoms with Crippen molar-refractivity contribution in [2.45, 2.75) is 44.7 Å². The number of carbonyl (C=O) groups is 1. The quantitative estimate of drug-likeness (QED) is 0.228. The Kier molecular flexibility index (Phi) is 11.0. The highest BCUT2D eigenvalue weighted by atomic mass is 79.9. The van der Waals surface area contributed by atoms with E-state index in [1.807, 2.05) is 50.2 Å². The molecule has 0 fully saturated rings. The summed E-state index contributed by atoms with van der Waals surface area (Å²) >= 11 is 9.53. The second-order valence-corrected chi connectivity index (χ2v) is 11.4. The van der Waals surface area contributed by atoms with Gasteiger partial charge >= 0.3 is 0 Å². The molecule has 0 aliphatic heterocycles. The second kappa shape index (κ2) is 14.0. The molecule has 9 heteroatoms.